The number of nitrogens with one attached hydrogen (secondary N) is 1. The van der Waals surface area contributed by atoms with E-state index in [9.17, 15) is 0 Å². The summed E-state index contributed by atoms with van der Waals surface area (Å²) in [5, 5.41) is 4.70. The first-order valence-electron chi connectivity index (χ1n) is 11.5. The van der Waals surface area contributed by atoms with Gasteiger partial charge in [0, 0.05) is 29.0 Å². The number of pyridine rings is 1. The third-order valence-electron chi connectivity index (χ3n) is 6.59. The second-order valence-corrected chi connectivity index (χ2v) is 9.61. The zero-order valence-corrected chi connectivity index (χ0v) is 21.7. The van der Waals surface area contributed by atoms with Crippen LogP contribution in [0.15, 0.2) is 72.9 Å². The van der Waals surface area contributed by atoms with Crippen LogP contribution in [0.3, 0.4) is 0 Å². The summed E-state index contributed by atoms with van der Waals surface area (Å²) >= 11 is 12.4. The monoisotopic (exact) mass is 502 g/mol. The van der Waals surface area contributed by atoms with Crippen molar-refractivity contribution in [3.63, 3.8) is 0 Å². The minimum atomic E-state index is -0.128. The molecule has 1 aliphatic rings. The second-order valence-electron chi connectivity index (χ2n) is 8.81. The molecule has 1 saturated heterocycles. The SMILES string of the molecule is COc1ccc(N2C(=S)N[C@H](c3ccccn3)[C@@H]2c2cc(C)n(-c3ccc(C)cc3)c2C)cc1Cl. The van der Waals surface area contributed by atoms with Gasteiger partial charge in [0.15, 0.2) is 5.11 Å². The fourth-order valence-electron chi connectivity index (χ4n) is 4.93. The Labute approximate surface area is 216 Å². The van der Waals surface area contributed by atoms with Crippen molar-refractivity contribution < 1.29 is 4.74 Å². The summed E-state index contributed by atoms with van der Waals surface area (Å²) < 4.78 is 7.67. The molecular formula is C28H27ClN4OS. The molecule has 0 aliphatic carbocycles. The molecule has 2 aromatic carbocycles. The third-order valence-corrected chi connectivity index (χ3v) is 7.20. The van der Waals surface area contributed by atoms with Gasteiger partial charge in [-0.1, -0.05) is 35.4 Å². The molecule has 4 aromatic rings. The second kappa shape index (κ2) is 9.36. The highest BCUT2D eigenvalue weighted by atomic mass is 35.5. The van der Waals surface area contributed by atoms with Gasteiger partial charge in [0.05, 0.1) is 29.9 Å². The Balaban J connectivity index is 1.67. The van der Waals surface area contributed by atoms with Crippen molar-refractivity contribution in [2.24, 2.45) is 0 Å². The number of thiocarbonyl (C=S) groups is 1. The summed E-state index contributed by atoms with van der Waals surface area (Å²) in [4.78, 5) is 6.81. The predicted molar refractivity (Wildman–Crippen MR) is 146 cm³/mol. The molecule has 3 heterocycles. The van der Waals surface area contributed by atoms with Crippen molar-refractivity contribution in [1.82, 2.24) is 14.9 Å². The first-order valence-corrected chi connectivity index (χ1v) is 12.3. The van der Waals surface area contributed by atoms with E-state index in [4.69, 9.17) is 28.6 Å². The van der Waals surface area contributed by atoms with Crippen molar-refractivity contribution in [3.8, 4) is 11.4 Å². The summed E-state index contributed by atoms with van der Waals surface area (Å²) in [6.07, 6.45) is 1.82. The van der Waals surface area contributed by atoms with Crippen molar-refractivity contribution in [1.29, 1.82) is 0 Å². The maximum atomic E-state index is 6.52. The van der Waals surface area contributed by atoms with Crippen molar-refractivity contribution >= 4 is 34.6 Å². The standard InChI is InChI=1S/C28H27ClN4OS/c1-17-8-10-20(11-9-17)32-18(2)15-22(19(32)3)27-26(24-7-5-6-14-30-24)31-28(35)33(27)21-12-13-25(34-4)23(29)16-21/h5-16,26-27H,1-4H3,(H,31,35)/t26-,27+/m1/s1. The lowest BCUT2D eigenvalue weighted by atomic mass is 9.96. The Morgan fingerprint density at radius 1 is 0.971 bits per heavy atom. The van der Waals surface area contributed by atoms with Crippen molar-refractivity contribution in [2.75, 3.05) is 12.0 Å². The molecule has 0 amide bonds. The molecule has 1 fully saturated rings. The molecule has 2 aromatic heterocycles. The average molecular weight is 503 g/mol. The zero-order valence-electron chi connectivity index (χ0n) is 20.1. The number of benzene rings is 2. The normalized spacial score (nSPS) is 17.5. The third kappa shape index (κ3) is 4.17. The van der Waals surface area contributed by atoms with Gasteiger partial charge in [-0.2, -0.15) is 0 Å². The van der Waals surface area contributed by atoms with Crippen LogP contribution < -0.4 is 15.0 Å². The van der Waals surface area contributed by atoms with E-state index in [0.717, 1.165) is 28.5 Å². The number of nitrogens with zero attached hydrogens (tertiary/aromatic N) is 3. The van der Waals surface area contributed by atoms with Crippen LogP contribution in [-0.2, 0) is 0 Å². The Bertz CT molecular complexity index is 1380. The van der Waals surface area contributed by atoms with Crippen LogP contribution in [0.1, 0.15) is 40.3 Å². The number of methoxy groups -OCH3 is 1. The van der Waals surface area contributed by atoms with E-state index in [1.165, 1.54) is 11.1 Å². The lowest BCUT2D eigenvalue weighted by molar-refractivity contribution is 0.415. The number of hydrogen-bond donors (Lipinski definition) is 1. The summed E-state index contributed by atoms with van der Waals surface area (Å²) in [7, 11) is 1.61. The van der Waals surface area contributed by atoms with Gasteiger partial charge in [-0.15, -0.1) is 0 Å². The van der Waals surface area contributed by atoms with Gasteiger partial charge < -0.3 is 19.5 Å². The lowest BCUT2D eigenvalue weighted by Crippen LogP contribution is -2.29. The van der Waals surface area contributed by atoms with Gasteiger partial charge in [-0.3, -0.25) is 4.98 Å². The topological polar surface area (TPSA) is 42.3 Å². The number of ether oxygens (including phenoxy) is 1. The van der Waals surface area contributed by atoms with Gasteiger partial charge in [-0.25, -0.2) is 0 Å². The molecule has 5 rings (SSSR count). The molecule has 35 heavy (non-hydrogen) atoms. The van der Waals surface area contributed by atoms with Crippen LogP contribution in [0.2, 0.25) is 5.02 Å². The van der Waals surface area contributed by atoms with Crippen LogP contribution in [0.4, 0.5) is 5.69 Å². The smallest absolute Gasteiger partial charge is 0.174 e. The Kier molecular flexibility index (Phi) is 6.26. The molecule has 1 N–H and O–H groups in total. The van der Waals surface area contributed by atoms with Crippen LogP contribution in [-0.4, -0.2) is 21.8 Å². The number of aryl methyl sites for hydroxylation is 2. The quantitative estimate of drug-likeness (QED) is 0.310. The van der Waals surface area contributed by atoms with E-state index >= 15 is 0 Å². The van der Waals surface area contributed by atoms with E-state index in [0.29, 0.717) is 15.9 Å². The number of aromatic nitrogens is 2. The number of hydrogen-bond acceptors (Lipinski definition) is 3. The molecule has 178 valence electrons. The summed E-state index contributed by atoms with van der Waals surface area (Å²) in [5.41, 5.74) is 7.70. The molecule has 2 atom stereocenters. The van der Waals surface area contributed by atoms with E-state index in [-0.39, 0.29) is 12.1 Å². The first-order chi connectivity index (χ1) is 16.9. The summed E-state index contributed by atoms with van der Waals surface area (Å²) in [6.45, 7) is 6.41. The first kappa shape index (κ1) is 23.4. The zero-order chi connectivity index (χ0) is 24.7. The fourth-order valence-corrected chi connectivity index (χ4v) is 5.53. The highest BCUT2D eigenvalue weighted by molar-refractivity contribution is 7.80. The minimum Gasteiger partial charge on any atom is -0.495 e. The van der Waals surface area contributed by atoms with Crippen LogP contribution >= 0.6 is 23.8 Å². The maximum absolute atomic E-state index is 6.52. The van der Waals surface area contributed by atoms with Crippen molar-refractivity contribution in [2.45, 2.75) is 32.9 Å². The van der Waals surface area contributed by atoms with Gasteiger partial charge in [0.25, 0.3) is 0 Å². The average Bonchev–Trinajstić information content (AvgIpc) is 3.35. The number of rotatable bonds is 5. The molecule has 7 heteroatoms. The van der Waals surface area contributed by atoms with E-state index in [1.54, 1.807) is 7.11 Å². The Hall–Kier alpha value is -3.35. The van der Waals surface area contributed by atoms with Gasteiger partial charge in [0.1, 0.15) is 5.75 Å². The molecule has 0 saturated carbocycles. The van der Waals surface area contributed by atoms with E-state index in [1.807, 2.05) is 42.6 Å². The Morgan fingerprint density at radius 2 is 1.71 bits per heavy atom. The molecule has 5 nitrogen and oxygen atoms in total. The van der Waals surface area contributed by atoms with E-state index in [2.05, 4.69) is 70.9 Å². The number of halogens is 1. The largest absolute Gasteiger partial charge is 0.495 e. The van der Waals surface area contributed by atoms with Crippen LogP contribution in [0, 0.1) is 20.8 Å². The highest BCUT2D eigenvalue weighted by Crippen LogP contribution is 2.44. The lowest BCUT2D eigenvalue weighted by Gasteiger charge is -2.28. The summed E-state index contributed by atoms with van der Waals surface area (Å²) in [5.74, 6) is 0.629. The molecule has 0 unspecified atom stereocenters. The molecule has 0 spiro atoms. The fraction of sp³-hybridized carbons (Fsp3) is 0.214. The van der Waals surface area contributed by atoms with Gasteiger partial charge in [0.2, 0.25) is 0 Å². The van der Waals surface area contributed by atoms with Crippen LogP contribution in [0.5, 0.6) is 5.75 Å². The summed E-state index contributed by atoms with van der Waals surface area (Å²) in [6, 6.07) is 22.4. The van der Waals surface area contributed by atoms with E-state index < -0.39 is 0 Å². The molecular weight excluding hydrogens is 476 g/mol. The van der Waals surface area contributed by atoms with Gasteiger partial charge in [-0.05, 0) is 87.1 Å². The maximum Gasteiger partial charge on any atom is 0.174 e. The predicted octanol–water partition coefficient (Wildman–Crippen LogP) is 6.64. The van der Waals surface area contributed by atoms with Gasteiger partial charge >= 0.3 is 0 Å². The Morgan fingerprint density at radius 3 is 2.37 bits per heavy atom. The molecule has 1 aliphatic heterocycles. The minimum absolute atomic E-state index is 0.118. The molecule has 0 radical (unpaired) electrons. The highest BCUT2D eigenvalue weighted by Gasteiger charge is 2.42. The molecule has 0 bridgehead atoms. The van der Waals surface area contributed by atoms with Crippen LogP contribution in [0.25, 0.3) is 5.69 Å². The van der Waals surface area contributed by atoms with Crippen molar-refractivity contribution in [3.05, 3.63) is 106 Å². The number of anilines is 1.